The van der Waals surface area contributed by atoms with Crippen LogP contribution in [-0.4, -0.2) is 79.9 Å². The second-order valence-corrected chi connectivity index (χ2v) is 8.56. The summed E-state index contributed by atoms with van der Waals surface area (Å²) in [6.07, 6.45) is 5.33. The summed E-state index contributed by atoms with van der Waals surface area (Å²) in [6.45, 7) is 4.12. The number of hydrogen-bond donors (Lipinski definition) is 0. The van der Waals surface area contributed by atoms with E-state index in [1.807, 2.05) is 12.1 Å². The van der Waals surface area contributed by atoms with E-state index in [0.29, 0.717) is 42.7 Å². The number of carbonyl (C=O) groups excluding carboxylic acids is 2. The first-order chi connectivity index (χ1) is 15.1. The van der Waals surface area contributed by atoms with Gasteiger partial charge in [0.05, 0.1) is 25.2 Å². The van der Waals surface area contributed by atoms with Crippen LogP contribution in [0.3, 0.4) is 0 Å². The number of nitrogens with zero attached hydrogens (tertiary/aromatic N) is 3. The second-order valence-electron chi connectivity index (χ2n) is 7.55. The number of amides is 2. The molecule has 0 spiro atoms. The zero-order valence-electron chi connectivity index (χ0n) is 17.7. The molecular weight excluding hydrogens is 418 g/mol. The van der Waals surface area contributed by atoms with Gasteiger partial charge in [0.1, 0.15) is 0 Å². The smallest absolute Gasteiger partial charge is 0.286 e. The zero-order chi connectivity index (χ0) is 21.6. The van der Waals surface area contributed by atoms with E-state index in [1.54, 1.807) is 24.1 Å². The fourth-order valence-corrected chi connectivity index (χ4v) is 4.67. The highest BCUT2D eigenvalue weighted by atomic mass is 32.2. The number of aliphatic imine (C=N–C) groups is 1. The van der Waals surface area contributed by atoms with Crippen molar-refractivity contribution in [2.75, 3.05) is 53.1 Å². The van der Waals surface area contributed by atoms with Crippen LogP contribution < -0.4 is 9.47 Å². The van der Waals surface area contributed by atoms with E-state index in [4.69, 9.17) is 14.2 Å². The molecule has 2 amide bonds. The minimum absolute atomic E-state index is 0.0574. The molecule has 0 aliphatic carbocycles. The molecule has 0 unspecified atom stereocenters. The van der Waals surface area contributed by atoms with E-state index in [-0.39, 0.29) is 18.4 Å². The number of rotatable bonds is 5. The van der Waals surface area contributed by atoms with Gasteiger partial charge in [-0.2, -0.15) is 4.99 Å². The Morgan fingerprint density at radius 2 is 1.94 bits per heavy atom. The summed E-state index contributed by atoms with van der Waals surface area (Å²) >= 11 is 1.42. The molecular formula is C22H27N3O5S. The Labute approximate surface area is 186 Å². The van der Waals surface area contributed by atoms with Crippen LogP contribution >= 0.6 is 11.8 Å². The van der Waals surface area contributed by atoms with Crippen molar-refractivity contribution < 1.29 is 23.8 Å². The Balaban J connectivity index is 1.39. The number of benzene rings is 1. The van der Waals surface area contributed by atoms with Crippen LogP contribution in [0.25, 0.3) is 6.08 Å². The number of thioether (sulfide) groups is 1. The van der Waals surface area contributed by atoms with E-state index < -0.39 is 0 Å². The van der Waals surface area contributed by atoms with Crippen LogP contribution in [0, 0.1) is 0 Å². The molecule has 0 radical (unpaired) electrons. The first kappa shape index (κ1) is 21.7. The van der Waals surface area contributed by atoms with Gasteiger partial charge in [0.15, 0.2) is 23.3 Å². The summed E-state index contributed by atoms with van der Waals surface area (Å²) < 4.78 is 16.4. The van der Waals surface area contributed by atoms with E-state index >= 15 is 0 Å². The topological polar surface area (TPSA) is 80.7 Å². The normalized spacial score (nSPS) is 20.7. The lowest BCUT2D eigenvalue weighted by atomic mass is 10.1. The summed E-state index contributed by atoms with van der Waals surface area (Å²) in [5.74, 6) is 0.714. The third kappa shape index (κ3) is 5.40. The summed E-state index contributed by atoms with van der Waals surface area (Å²) in [4.78, 5) is 33.4. The van der Waals surface area contributed by atoms with Gasteiger partial charge in [-0.3, -0.25) is 9.59 Å². The lowest BCUT2D eigenvalue weighted by molar-refractivity contribution is -0.137. The van der Waals surface area contributed by atoms with Gasteiger partial charge < -0.3 is 24.0 Å². The fraction of sp³-hybridized carbons (Fsp3) is 0.500. The quantitative estimate of drug-likeness (QED) is 0.644. The van der Waals surface area contributed by atoms with Gasteiger partial charge in [0.2, 0.25) is 0 Å². The SMILES string of the molecule is COc1cc(/C=C2\SC(N3CCCCC3)=NC2=O)ccc1OCC(=O)N1CCOCC1. The number of ether oxygens (including phenoxy) is 3. The van der Waals surface area contributed by atoms with Gasteiger partial charge in [-0.1, -0.05) is 6.07 Å². The van der Waals surface area contributed by atoms with Gasteiger partial charge in [0.25, 0.3) is 11.8 Å². The first-order valence-electron chi connectivity index (χ1n) is 10.6. The summed E-state index contributed by atoms with van der Waals surface area (Å²) in [5, 5.41) is 0.796. The highest BCUT2D eigenvalue weighted by molar-refractivity contribution is 8.18. The number of hydrogen-bond acceptors (Lipinski definition) is 7. The molecule has 8 nitrogen and oxygen atoms in total. The molecule has 2 saturated heterocycles. The lowest BCUT2D eigenvalue weighted by Crippen LogP contribution is -2.43. The molecule has 1 aromatic rings. The number of amidine groups is 1. The third-order valence-corrected chi connectivity index (χ3v) is 6.48. The average Bonchev–Trinajstić information content (AvgIpc) is 3.19. The molecule has 3 aliphatic heterocycles. The Morgan fingerprint density at radius 1 is 1.16 bits per heavy atom. The van der Waals surface area contributed by atoms with E-state index in [9.17, 15) is 9.59 Å². The number of likely N-dealkylation sites (tertiary alicyclic amines) is 1. The standard InChI is InChI=1S/C22H27N3O5S/c1-28-18-13-16(5-6-17(18)30-15-20(26)24-9-11-29-12-10-24)14-19-21(27)23-22(31-19)25-7-3-2-4-8-25/h5-6,13-14H,2-4,7-12,15H2,1H3/b19-14-. The molecule has 0 N–H and O–H groups in total. The highest BCUT2D eigenvalue weighted by Crippen LogP contribution is 2.34. The van der Waals surface area contributed by atoms with E-state index in [1.165, 1.54) is 18.2 Å². The van der Waals surface area contributed by atoms with Crippen molar-refractivity contribution in [3.05, 3.63) is 28.7 Å². The summed E-state index contributed by atoms with van der Waals surface area (Å²) in [7, 11) is 1.55. The molecule has 3 heterocycles. The Morgan fingerprint density at radius 3 is 2.68 bits per heavy atom. The van der Waals surface area contributed by atoms with Crippen molar-refractivity contribution in [3.8, 4) is 11.5 Å². The van der Waals surface area contributed by atoms with Gasteiger partial charge >= 0.3 is 0 Å². The fourth-order valence-electron chi connectivity index (χ4n) is 3.71. The number of piperidine rings is 1. The molecule has 1 aromatic carbocycles. The van der Waals surface area contributed by atoms with Crippen molar-refractivity contribution in [3.63, 3.8) is 0 Å². The van der Waals surface area contributed by atoms with E-state index in [2.05, 4.69) is 9.89 Å². The van der Waals surface area contributed by atoms with Gasteiger partial charge in [0, 0.05) is 26.2 Å². The molecule has 0 aromatic heterocycles. The van der Waals surface area contributed by atoms with Crippen LogP contribution in [0.5, 0.6) is 11.5 Å². The Hall–Kier alpha value is -2.52. The van der Waals surface area contributed by atoms with Crippen molar-refractivity contribution in [1.82, 2.24) is 9.80 Å². The van der Waals surface area contributed by atoms with E-state index in [0.717, 1.165) is 36.7 Å². The maximum absolute atomic E-state index is 12.4. The average molecular weight is 446 g/mol. The lowest BCUT2D eigenvalue weighted by Gasteiger charge is -2.27. The van der Waals surface area contributed by atoms with Gasteiger partial charge in [-0.25, -0.2) is 0 Å². The number of carbonyl (C=O) groups is 2. The molecule has 31 heavy (non-hydrogen) atoms. The molecule has 0 atom stereocenters. The summed E-state index contributed by atoms with van der Waals surface area (Å²) in [5.41, 5.74) is 0.814. The Kier molecular flexibility index (Phi) is 7.14. The van der Waals surface area contributed by atoms with Crippen LogP contribution in [0.15, 0.2) is 28.1 Å². The molecule has 2 fully saturated rings. The zero-order valence-corrected chi connectivity index (χ0v) is 18.5. The molecule has 166 valence electrons. The minimum atomic E-state index is -0.207. The maximum Gasteiger partial charge on any atom is 0.286 e. The third-order valence-electron chi connectivity index (χ3n) is 5.44. The van der Waals surface area contributed by atoms with Crippen LogP contribution in [-0.2, 0) is 14.3 Å². The molecule has 9 heteroatoms. The predicted octanol–water partition coefficient (Wildman–Crippen LogP) is 2.39. The van der Waals surface area contributed by atoms with Crippen molar-refractivity contribution in [2.24, 2.45) is 4.99 Å². The molecule has 4 rings (SSSR count). The summed E-state index contributed by atoms with van der Waals surface area (Å²) in [6, 6.07) is 5.40. The first-order valence-corrected chi connectivity index (χ1v) is 11.4. The monoisotopic (exact) mass is 445 g/mol. The largest absolute Gasteiger partial charge is 0.493 e. The maximum atomic E-state index is 12.4. The number of morpholine rings is 1. The minimum Gasteiger partial charge on any atom is -0.493 e. The van der Waals surface area contributed by atoms with Crippen LogP contribution in [0.2, 0.25) is 0 Å². The van der Waals surface area contributed by atoms with Gasteiger partial charge in [-0.15, -0.1) is 0 Å². The predicted molar refractivity (Wildman–Crippen MR) is 119 cm³/mol. The molecule has 0 bridgehead atoms. The van der Waals surface area contributed by atoms with Crippen LogP contribution in [0.4, 0.5) is 0 Å². The van der Waals surface area contributed by atoms with Crippen molar-refractivity contribution >= 4 is 34.8 Å². The molecule has 3 aliphatic rings. The second kappa shape index (κ2) is 10.2. The molecule has 0 saturated carbocycles. The van der Waals surface area contributed by atoms with Crippen molar-refractivity contribution in [2.45, 2.75) is 19.3 Å². The number of methoxy groups -OCH3 is 1. The van der Waals surface area contributed by atoms with Gasteiger partial charge in [-0.05, 0) is 54.8 Å². The highest BCUT2D eigenvalue weighted by Gasteiger charge is 2.27. The Bertz CT molecular complexity index is 889. The van der Waals surface area contributed by atoms with Crippen LogP contribution in [0.1, 0.15) is 24.8 Å². The van der Waals surface area contributed by atoms with Crippen molar-refractivity contribution in [1.29, 1.82) is 0 Å².